The summed E-state index contributed by atoms with van der Waals surface area (Å²) < 4.78 is 32.4. The monoisotopic (exact) mass is 422 g/mol. The second kappa shape index (κ2) is 9.93. The minimum atomic E-state index is -1.15. The Morgan fingerprint density at radius 1 is 1.28 bits per heavy atom. The molecule has 2 unspecified atom stereocenters. The van der Waals surface area contributed by atoms with E-state index in [4.69, 9.17) is 4.74 Å². The molecule has 2 N–H and O–H groups in total. The number of amides is 1. The summed E-state index contributed by atoms with van der Waals surface area (Å²) in [6.45, 7) is 0.832. The van der Waals surface area contributed by atoms with Gasteiger partial charge in [0.15, 0.2) is 0 Å². The molecule has 1 heterocycles. The van der Waals surface area contributed by atoms with E-state index in [9.17, 15) is 18.7 Å². The SMILES string of the molecule is COc1ccc(CSC2CNC(CN(Cc3cc(F)ccc3F)C(=O)O)C2)cc1. The first-order valence-electron chi connectivity index (χ1n) is 9.34. The van der Waals surface area contributed by atoms with Gasteiger partial charge in [-0.25, -0.2) is 13.6 Å². The van der Waals surface area contributed by atoms with E-state index in [1.807, 2.05) is 36.0 Å². The van der Waals surface area contributed by atoms with E-state index in [0.29, 0.717) is 5.25 Å². The molecule has 1 aliphatic rings. The summed E-state index contributed by atoms with van der Waals surface area (Å²) in [5, 5.41) is 13.2. The summed E-state index contributed by atoms with van der Waals surface area (Å²) in [5.41, 5.74) is 1.24. The molecule has 0 aliphatic carbocycles. The fourth-order valence-electron chi connectivity index (χ4n) is 3.33. The average Bonchev–Trinajstić information content (AvgIpc) is 3.16. The van der Waals surface area contributed by atoms with Crippen LogP contribution >= 0.6 is 11.8 Å². The van der Waals surface area contributed by atoms with Crippen molar-refractivity contribution in [1.82, 2.24) is 10.2 Å². The van der Waals surface area contributed by atoms with Crippen LogP contribution in [0.15, 0.2) is 42.5 Å². The molecule has 2 atom stereocenters. The molecule has 0 spiro atoms. The van der Waals surface area contributed by atoms with Crippen LogP contribution in [0.3, 0.4) is 0 Å². The van der Waals surface area contributed by atoms with Gasteiger partial charge < -0.3 is 20.1 Å². The number of carboxylic acid groups (broad SMARTS) is 1. The van der Waals surface area contributed by atoms with Gasteiger partial charge in [-0.1, -0.05) is 12.1 Å². The second-order valence-electron chi connectivity index (χ2n) is 7.02. The minimum absolute atomic E-state index is 0.0175. The van der Waals surface area contributed by atoms with Crippen LogP contribution in [0.2, 0.25) is 0 Å². The fourth-order valence-corrected chi connectivity index (χ4v) is 4.53. The number of carbonyl (C=O) groups is 1. The lowest BCUT2D eigenvalue weighted by molar-refractivity contribution is 0.137. The van der Waals surface area contributed by atoms with Crippen molar-refractivity contribution in [2.45, 2.75) is 30.0 Å². The number of thioether (sulfide) groups is 1. The van der Waals surface area contributed by atoms with Crippen LogP contribution in [0.4, 0.5) is 13.6 Å². The first kappa shape index (κ1) is 21.4. The van der Waals surface area contributed by atoms with Gasteiger partial charge in [0, 0.05) is 35.7 Å². The molecule has 2 aromatic carbocycles. The summed E-state index contributed by atoms with van der Waals surface area (Å²) in [6.07, 6.45) is -0.333. The van der Waals surface area contributed by atoms with Crippen molar-refractivity contribution in [2.24, 2.45) is 0 Å². The molecule has 0 aromatic heterocycles. The Kier molecular flexibility index (Phi) is 7.33. The van der Waals surface area contributed by atoms with E-state index in [0.717, 1.165) is 47.6 Å². The Labute approximate surface area is 173 Å². The molecule has 0 bridgehead atoms. The van der Waals surface area contributed by atoms with Crippen LogP contribution in [0, 0.1) is 11.6 Å². The van der Waals surface area contributed by atoms with Crippen LogP contribution in [0.25, 0.3) is 0 Å². The second-order valence-corrected chi connectivity index (χ2v) is 8.31. The van der Waals surface area contributed by atoms with Crippen molar-refractivity contribution < 1.29 is 23.4 Å². The third-order valence-electron chi connectivity index (χ3n) is 4.91. The van der Waals surface area contributed by atoms with E-state index in [-0.39, 0.29) is 24.7 Å². The molecular formula is C21H24F2N2O3S. The van der Waals surface area contributed by atoms with Crippen LogP contribution in [-0.2, 0) is 12.3 Å². The normalized spacial score (nSPS) is 18.6. The molecule has 0 radical (unpaired) electrons. The highest BCUT2D eigenvalue weighted by Crippen LogP contribution is 2.26. The summed E-state index contributed by atoms with van der Waals surface area (Å²) in [4.78, 5) is 12.7. The zero-order valence-corrected chi connectivity index (χ0v) is 16.9. The highest BCUT2D eigenvalue weighted by molar-refractivity contribution is 7.99. The van der Waals surface area contributed by atoms with Crippen molar-refractivity contribution in [3.63, 3.8) is 0 Å². The van der Waals surface area contributed by atoms with Crippen LogP contribution in [0.1, 0.15) is 17.5 Å². The summed E-state index contributed by atoms with van der Waals surface area (Å²) in [5.74, 6) is 0.496. The Hall–Kier alpha value is -2.32. The highest BCUT2D eigenvalue weighted by atomic mass is 32.2. The van der Waals surface area contributed by atoms with Crippen LogP contribution in [-0.4, -0.2) is 47.6 Å². The zero-order chi connectivity index (χ0) is 20.8. The molecule has 156 valence electrons. The molecule has 2 aromatic rings. The minimum Gasteiger partial charge on any atom is -0.497 e. The van der Waals surface area contributed by atoms with E-state index in [2.05, 4.69) is 5.32 Å². The molecule has 5 nitrogen and oxygen atoms in total. The Morgan fingerprint density at radius 2 is 2.03 bits per heavy atom. The van der Waals surface area contributed by atoms with Gasteiger partial charge in [0.1, 0.15) is 17.4 Å². The highest BCUT2D eigenvalue weighted by Gasteiger charge is 2.28. The summed E-state index contributed by atoms with van der Waals surface area (Å²) >= 11 is 1.82. The standard InChI is InChI=1S/C21H24F2N2O3S/c1-28-18-5-2-14(3-6-18)13-29-19-9-17(24-10-19)12-25(21(26)27)11-15-8-16(22)4-7-20(15)23/h2-8,17,19,24H,9-13H2,1H3,(H,26,27). The fraction of sp³-hybridized carbons (Fsp3) is 0.381. The van der Waals surface area contributed by atoms with Gasteiger partial charge in [-0.05, 0) is 42.3 Å². The van der Waals surface area contributed by atoms with Gasteiger partial charge in [-0.15, -0.1) is 0 Å². The average molecular weight is 422 g/mol. The van der Waals surface area contributed by atoms with E-state index in [1.54, 1.807) is 7.11 Å². The van der Waals surface area contributed by atoms with E-state index < -0.39 is 17.7 Å². The largest absolute Gasteiger partial charge is 0.497 e. The van der Waals surface area contributed by atoms with Crippen LogP contribution in [0.5, 0.6) is 5.75 Å². The Morgan fingerprint density at radius 3 is 2.72 bits per heavy atom. The number of halogens is 2. The third-order valence-corrected chi connectivity index (χ3v) is 6.24. The van der Waals surface area contributed by atoms with Gasteiger partial charge in [0.25, 0.3) is 0 Å². The quantitative estimate of drug-likeness (QED) is 0.670. The first-order chi connectivity index (χ1) is 13.9. The van der Waals surface area contributed by atoms with E-state index in [1.165, 1.54) is 5.56 Å². The van der Waals surface area contributed by atoms with Gasteiger partial charge in [-0.3, -0.25) is 0 Å². The van der Waals surface area contributed by atoms with Gasteiger partial charge in [0.05, 0.1) is 13.7 Å². The molecule has 1 aliphatic heterocycles. The van der Waals surface area contributed by atoms with Gasteiger partial charge in [0.2, 0.25) is 0 Å². The summed E-state index contributed by atoms with van der Waals surface area (Å²) in [7, 11) is 1.64. The number of nitrogens with one attached hydrogen (secondary N) is 1. The summed E-state index contributed by atoms with van der Waals surface area (Å²) in [6, 6.07) is 11.0. The van der Waals surface area contributed by atoms with Crippen molar-refractivity contribution in [2.75, 3.05) is 20.2 Å². The van der Waals surface area contributed by atoms with Gasteiger partial charge >= 0.3 is 6.09 Å². The molecular weight excluding hydrogens is 398 g/mol. The molecule has 0 saturated carbocycles. The number of ether oxygens (including phenoxy) is 1. The number of nitrogens with zero attached hydrogens (tertiary/aromatic N) is 1. The van der Waals surface area contributed by atoms with Crippen molar-refractivity contribution in [3.8, 4) is 5.75 Å². The molecule has 8 heteroatoms. The zero-order valence-electron chi connectivity index (χ0n) is 16.1. The smallest absolute Gasteiger partial charge is 0.407 e. The number of methoxy groups -OCH3 is 1. The van der Waals surface area contributed by atoms with Crippen molar-refractivity contribution in [1.29, 1.82) is 0 Å². The lowest BCUT2D eigenvalue weighted by Crippen LogP contribution is -2.40. The molecule has 1 fully saturated rings. The number of hydrogen-bond donors (Lipinski definition) is 2. The topological polar surface area (TPSA) is 61.8 Å². The van der Waals surface area contributed by atoms with E-state index >= 15 is 0 Å². The number of rotatable bonds is 8. The Bertz CT molecular complexity index is 835. The van der Waals surface area contributed by atoms with Gasteiger partial charge in [-0.2, -0.15) is 11.8 Å². The molecule has 1 amide bonds. The van der Waals surface area contributed by atoms with Crippen molar-refractivity contribution >= 4 is 17.9 Å². The maximum atomic E-state index is 13.9. The Balaban J connectivity index is 1.51. The molecule has 3 rings (SSSR count). The maximum absolute atomic E-state index is 13.9. The molecule has 29 heavy (non-hydrogen) atoms. The number of benzene rings is 2. The van der Waals surface area contributed by atoms with Crippen LogP contribution < -0.4 is 10.1 Å². The first-order valence-corrected chi connectivity index (χ1v) is 10.4. The predicted octanol–water partition coefficient (Wildman–Crippen LogP) is 4.12. The molecule has 1 saturated heterocycles. The lowest BCUT2D eigenvalue weighted by Gasteiger charge is -2.23. The number of hydrogen-bond acceptors (Lipinski definition) is 4. The van der Waals surface area contributed by atoms with Crippen molar-refractivity contribution in [3.05, 3.63) is 65.2 Å². The maximum Gasteiger partial charge on any atom is 0.407 e. The lowest BCUT2D eigenvalue weighted by atomic mass is 10.1. The predicted molar refractivity (Wildman–Crippen MR) is 109 cm³/mol. The third kappa shape index (κ3) is 6.08.